The maximum absolute atomic E-state index is 6.16. The van der Waals surface area contributed by atoms with Gasteiger partial charge in [-0.25, -0.2) is 0 Å². The number of benzene rings is 1. The Morgan fingerprint density at radius 2 is 1.74 bits per heavy atom. The van der Waals surface area contributed by atoms with Crippen molar-refractivity contribution in [1.82, 2.24) is 0 Å². The van der Waals surface area contributed by atoms with Gasteiger partial charge in [-0.15, -0.1) is 0 Å². The summed E-state index contributed by atoms with van der Waals surface area (Å²) in [5, 5.41) is 5.72. The first-order valence-electron chi connectivity index (χ1n) is 6.22. The van der Waals surface area contributed by atoms with E-state index in [4.69, 9.17) is 39.8 Å². The molecule has 1 spiro atoms. The molecule has 2 aliphatic rings. The molecule has 1 saturated carbocycles. The van der Waals surface area contributed by atoms with E-state index < -0.39 is 0 Å². The first-order valence-corrected chi connectivity index (χ1v) is 8.34. The molecule has 1 aliphatic carbocycles. The van der Waals surface area contributed by atoms with Gasteiger partial charge >= 0.3 is 0 Å². The molecular formula is C13H13Cl3N2S. The van der Waals surface area contributed by atoms with Crippen molar-refractivity contribution >= 4 is 57.4 Å². The Bertz CT molecular complexity index is 539. The van der Waals surface area contributed by atoms with Crippen LogP contribution >= 0.6 is 46.6 Å². The summed E-state index contributed by atoms with van der Waals surface area (Å²) >= 11 is 19.9. The number of aliphatic imine (C=N–C) groups is 1. The highest BCUT2D eigenvalue weighted by Gasteiger charge is 2.38. The average Bonchev–Trinajstić information content (AvgIpc) is 2.98. The molecule has 0 atom stereocenters. The quantitative estimate of drug-likeness (QED) is 0.688. The Balaban J connectivity index is 1.81. The fourth-order valence-electron chi connectivity index (χ4n) is 2.57. The number of hydrogen-bond donors (Lipinski definition) is 1. The SMILES string of the molecule is Clc1cc(Cl)c(NC2=NC3(CCCC3)CS2)cc1Cl. The third-order valence-corrected chi connectivity index (χ3v) is 5.79. The molecule has 2 nitrogen and oxygen atoms in total. The minimum atomic E-state index is 0.162. The highest BCUT2D eigenvalue weighted by Crippen LogP contribution is 2.42. The molecule has 1 N–H and O–H groups in total. The summed E-state index contributed by atoms with van der Waals surface area (Å²) in [6, 6.07) is 3.40. The number of halogens is 3. The number of anilines is 1. The van der Waals surface area contributed by atoms with Gasteiger partial charge in [0, 0.05) is 5.75 Å². The zero-order valence-corrected chi connectivity index (χ0v) is 13.3. The molecular weight excluding hydrogens is 323 g/mol. The van der Waals surface area contributed by atoms with Crippen molar-refractivity contribution in [3.05, 3.63) is 27.2 Å². The van der Waals surface area contributed by atoms with Crippen LogP contribution in [0.5, 0.6) is 0 Å². The summed E-state index contributed by atoms with van der Waals surface area (Å²) in [7, 11) is 0. The monoisotopic (exact) mass is 334 g/mol. The molecule has 1 heterocycles. The van der Waals surface area contributed by atoms with E-state index in [9.17, 15) is 0 Å². The van der Waals surface area contributed by atoms with Crippen LogP contribution in [0.1, 0.15) is 25.7 Å². The summed E-state index contributed by atoms with van der Waals surface area (Å²) in [6.07, 6.45) is 4.95. The first-order chi connectivity index (χ1) is 9.08. The molecule has 6 heteroatoms. The maximum atomic E-state index is 6.16. The van der Waals surface area contributed by atoms with E-state index >= 15 is 0 Å². The second-order valence-electron chi connectivity index (χ2n) is 5.01. The number of rotatable bonds is 1. The molecule has 0 amide bonds. The van der Waals surface area contributed by atoms with E-state index in [0.717, 1.165) is 16.6 Å². The lowest BCUT2D eigenvalue weighted by molar-refractivity contribution is 0.508. The fraction of sp³-hybridized carbons (Fsp3) is 0.462. The molecule has 1 fully saturated rings. The van der Waals surface area contributed by atoms with Crippen molar-refractivity contribution in [1.29, 1.82) is 0 Å². The number of thioether (sulfide) groups is 1. The number of nitrogens with one attached hydrogen (secondary N) is 1. The first kappa shape index (κ1) is 13.9. The highest BCUT2D eigenvalue weighted by atomic mass is 35.5. The Labute approximate surface area is 131 Å². The fourth-order valence-corrected chi connectivity index (χ4v) is 4.36. The van der Waals surface area contributed by atoms with Crippen LogP contribution in [-0.4, -0.2) is 16.5 Å². The second-order valence-corrected chi connectivity index (χ2v) is 7.19. The molecule has 0 radical (unpaired) electrons. The van der Waals surface area contributed by atoms with E-state index in [1.807, 2.05) is 0 Å². The van der Waals surface area contributed by atoms with Crippen LogP contribution in [0.2, 0.25) is 15.1 Å². The second kappa shape index (κ2) is 5.36. The molecule has 102 valence electrons. The smallest absolute Gasteiger partial charge is 0.161 e. The lowest BCUT2D eigenvalue weighted by Crippen LogP contribution is -2.21. The summed E-state index contributed by atoms with van der Waals surface area (Å²) in [5.41, 5.74) is 0.924. The lowest BCUT2D eigenvalue weighted by atomic mass is 10.0. The predicted octanol–water partition coefficient (Wildman–Crippen LogP) is 5.47. The van der Waals surface area contributed by atoms with Crippen molar-refractivity contribution in [3.63, 3.8) is 0 Å². The average molecular weight is 336 g/mol. The van der Waals surface area contributed by atoms with Gasteiger partial charge in [0.1, 0.15) is 0 Å². The summed E-state index contributed by atoms with van der Waals surface area (Å²) in [6.45, 7) is 0. The van der Waals surface area contributed by atoms with Gasteiger partial charge in [-0.05, 0) is 25.0 Å². The molecule has 0 saturated heterocycles. The molecule has 3 rings (SSSR count). The van der Waals surface area contributed by atoms with Crippen LogP contribution in [0.15, 0.2) is 17.1 Å². The molecule has 1 aromatic carbocycles. The standard InChI is InChI=1S/C13H13Cl3N2S/c14-8-5-10(16)11(6-9(8)15)17-12-18-13(7-19-12)3-1-2-4-13/h5-6H,1-4,7H2,(H,17,18). The zero-order chi connectivity index (χ0) is 13.5. The van der Waals surface area contributed by atoms with Crippen molar-refractivity contribution in [2.45, 2.75) is 31.2 Å². The number of hydrogen-bond acceptors (Lipinski definition) is 3. The summed E-state index contributed by atoms with van der Waals surface area (Å²) in [4.78, 5) is 4.84. The summed E-state index contributed by atoms with van der Waals surface area (Å²) in [5.74, 6) is 1.06. The van der Waals surface area contributed by atoms with E-state index in [1.165, 1.54) is 25.7 Å². The van der Waals surface area contributed by atoms with Gasteiger partial charge in [-0.2, -0.15) is 0 Å². The molecule has 19 heavy (non-hydrogen) atoms. The topological polar surface area (TPSA) is 24.4 Å². The van der Waals surface area contributed by atoms with Gasteiger partial charge < -0.3 is 5.32 Å². The van der Waals surface area contributed by atoms with Gasteiger partial charge in [0.25, 0.3) is 0 Å². The van der Waals surface area contributed by atoms with Crippen molar-refractivity contribution in [2.24, 2.45) is 4.99 Å². The minimum absolute atomic E-state index is 0.162. The van der Waals surface area contributed by atoms with Crippen molar-refractivity contribution in [2.75, 3.05) is 11.1 Å². The summed E-state index contributed by atoms with van der Waals surface area (Å²) < 4.78 is 0. The van der Waals surface area contributed by atoms with Gasteiger partial charge in [0.15, 0.2) is 5.17 Å². The Morgan fingerprint density at radius 1 is 1.05 bits per heavy atom. The van der Waals surface area contributed by atoms with Gasteiger partial charge in [-0.3, -0.25) is 4.99 Å². The molecule has 1 aromatic rings. The van der Waals surface area contributed by atoms with Crippen LogP contribution in [-0.2, 0) is 0 Å². The number of nitrogens with zero attached hydrogens (tertiary/aromatic N) is 1. The Kier molecular flexibility index (Phi) is 3.91. The van der Waals surface area contributed by atoms with Gasteiger partial charge in [0.05, 0.1) is 26.3 Å². The minimum Gasteiger partial charge on any atom is -0.334 e. The Morgan fingerprint density at radius 3 is 2.47 bits per heavy atom. The predicted molar refractivity (Wildman–Crippen MR) is 86.2 cm³/mol. The molecule has 1 aliphatic heterocycles. The van der Waals surface area contributed by atoms with Crippen LogP contribution in [0, 0.1) is 0 Å². The van der Waals surface area contributed by atoms with Crippen LogP contribution < -0.4 is 5.32 Å². The van der Waals surface area contributed by atoms with Crippen LogP contribution in [0.4, 0.5) is 5.69 Å². The van der Waals surface area contributed by atoms with Crippen LogP contribution in [0.25, 0.3) is 0 Å². The van der Waals surface area contributed by atoms with Gasteiger partial charge in [0.2, 0.25) is 0 Å². The zero-order valence-electron chi connectivity index (χ0n) is 10.2. The van der Waals surface area contributed by atoms with Crippen LogP contribution in [0.3, 0.4) is 0 Å². The number of amidine groups is 1. The normalized spacial score (nSPS) is 20.9. The van der Waals surface area contributed by atoms with E-state index in [0.29, 0.717) is 15.1 Å². The maximum Gasteiger partial charge on any atom is 0.161 e. The van der Waals surface area contributed by atoms with E-state index in [2.05, 4.69) is 5.32 Å². The van der Waals surface area contributed by atoms with E-state index in [-0.39, 0.29) is 5.54 Å². The third kappa shape index (κ3) is 2.85. The van der Waals surface area contributed by atoms with Crippen molar-refractivity contribution < 1.29 is 0 Å². The molecule has 0 aromatic heterocycles. The lowest BCUT2D eigenvalue weighted by Gasteiger charge is -2.16. The highest BCUT2D eigenvalue weighted by molar-refractivity contribution is 8.14. The van der Waals surface area contributed by atoms with E-state index in [1.54, 1.807) is 23.9 Å². The molecule has 0 unspecified atom stereocenters. The largest absolute Gasteiger partial charge is 0.334 e. The molecule has 0 bridgehead atoms. The third-order valence-electron chi connectivity index (χ3n) is 3.60. The van der Waals surface area contributed by atoms with Gasteiger partial charge in [-0.1, -0.05) is 59.4 Å². The Hall–Kier alpha value is -0.0900. The van der Waals surface area contributed by atoms with Crippen molar-refractivity contribution in [3.8, 4) is 0 Å².